The minimum Gasteiger partial charge on any atom is -0.394 e. The Balaban J connectivity index is 2.23. The number of aliphatic hydroxyl groups excluding tert-OH is 1. The molecule has 0 aliphatic heterocycles. The highest BCUT2D eigenvalue weighted by Crippen LogP contribution is 2.18. The minimum absolute atomic E-state index is 0.0109. The fourth-order valence-electron chi connectivity index (χ4n) is 1.37. The van der Waals surface area contributed by atoms with Crippen LogP contribution in [0.25, 0.3) is 11.4 Å². The van der Waals surface area contributed by atoms with Crippen LogP contribution in [0.5, 0.6) is 0 Å². The second kappa shape index (κ2) is 4.71. The first kappa shape index (κ1) is 11.2. The topological polar surface area (TPSA) is 94.1 Å². The summed E-state index contributed by atoms with van der Waals surface area (Å²) in [6, 6.07) is 6.00. The molecule has 0 aliphatic rings. The van der Waals surface area contributed by atoms with Gasteiger partial charge >= 0.3 is 0 Å². The number of hydrogen-bond acceptors (Lipinski definition) is 5. The van der Waals surface area contributed by atoms with Crippen LogP contribution in [-0.4, -0.2) is 31.4 Å². The highest BCUT2D eigenvalue weighted by molar-refractivity contribution is 5.56. The van der Waals surface area contributed by atoms with E-state index >= 15 is 0 Å². The Morgan fingerprint density at radius 2 is 2.06 bits per heavy atom. The van der Waals surface area contributed by atoms with Crippen molar-refractivity contribution in [2.45, 2.75) is 6.54 Å². The van der Waals surface area contributed by atoms with Gasteiger partial charge in [0.2, 0.25) is 0 Å². The molecule has 0 fully saturated rings. The molecule has 2 aromatic rings. The molecule has 0 unspecified atom stereocenters. The zero-order valence-corrected chi connectivity index (χ0v) is 8.85. The maximum atomic E-state index is 10.5. The van der Waals surface area contributed by atoms with E-state index in [2.05, 4.69) is 10.1 Å². The molecule has 0 radical (unpaired) electrons. The number of aliphatic hydroxyl groups is 1. The highest BCUT2D eigenvalue weighted by Gasteiger charge is 2.07. The number of rotatable bonds is 4. The summed E-state index contributed by atoms with van der Waals surface area (Å²) in [5.74, 6) is 0.480. The normalized spacial score (nSPS) is 10.4. The van der Waals surface area contributed by atoms with Gasteiger partial charge < -0.3 is 5.11 Å². The molecular weight excluding hydrogens is 224 g/mol. The molecule has 0 spiro atoms. The second-order valence-electron chi connectivity index (χ2n) is 3.36. The van der Waals surface area contributed by atoms with Crippen molar-refractivity contribution in [2.24, 2.45) is 0 Å². The lowest BCUT2D eigenvalue weighted by molar-refractivity contribution is -0.384. The molecule has 1 aromatic heterocycles. The van der Waals surface area contributed by atoms with E-state index in [1.807, 2.05) is 0 Å². The molecule has 2 rings (SSSR count). The Kier molecular flexibility index (Phi) is 3.10. The molecular formula is C10H10N4O3. The van der Waals surface area contributed by atoms with Crippen molar-refractivity contribution in [3.05, 3.63) is 40.7 Å². The van der Waals surface area contributed by atoms with E-state index in [0.717, 1.165) is 0 Å². The van der Waals surface area contributed by atoms with Crippen molar-refractivity contribution >= 4 is 5.69 Å². The molecule has 0 aliphatic carbocycles. The molecule has 7 nitrogen and oxygen atoms in total. The number of nitro benzene ring substituents is 1. The summed E-state index contributed by atoms with van der Waals surface area (Å²) < 4.78 is 1.51. The summed E-state index contributed by atoms with van der Waals surface area (Å²) in [5.41, 5.74) is 0.732. The summed E-state index contributed by atoms with van der Waals surface area (Å²) in [5, 5.41) is 23.3. The summed E-state index contributed by atoms with van der Waals surface area (Å²) in [4.78, 5) is 14.1. The van der Waals surface area contributed by atoms with E-state index in [1.165, 1.54) is 23.1 Å². The third kappa shape index (κ3) is 2.45. The van der Waals surface area contributed by atoms with Gasteiger partial charge in [0.15, 0.2) is 5.82 Å². The SMILES string of the molecule is O=[N+]([O-])c1ccc(-c2ncn(CCO)n2)cc1. The van der Waals surface area contributed by atoms with Crippen LogP contribution in [0.1, 0.15) is 0 Å². The molecule has 0 saturated heterocycles. The lowest BCUT2D eigenvalue weighted by Crippen LogP contribution is -2.02. The Morgan fingerprint density at radius 3 is 2.65 bits per heavy atom. The first-order valence-corrected chi connectivity index (χ1v) is 4.96. The number of hydrogen-bond donors (Lipinski definition) is 1. The Morgan fingerprint density at radius 1 is 1.35 bits per heavy atom. The lowest BCUT2D eigenvalue weighted by Gasteiger charge is -1.96. The van der Waals surface area contributed by atoms with Crippen LogP contribution in [0.2, 0.25) is 0 Å². The van der Waals surface area contributed by atoms with Gasteiger partial charge in [-0.2, -0.15) is 5.10 Å². The maximum absolute atomic E-state index is 10.5. The smallest absolute Gasteiger partial charge is 0.269 e. The Bertz CT molecular complexity index is 521. The first-order valence-electron chi connectivity index (χ1n) is 4.96. The number of benzene rings is 1. The molecule has 0 amide bonds. The van der Waals surface area contributed by atoms with Gasteiger partial charge in [0.25, 0.3) is 5.69 Å². The van der Waals surface area contributed by atoms with Crippen LogP contribution < -0.4 is 0 Å². The molecule has 0 atom stereocenters. The largest absolute Gasteiger partial charge is 0.394 e. The van der Waals surface area contributed by atoms with Gasteiger partial charge in [-0.3, -0.25) is 14.8 Å². The standard InChI is InChI=1S/C10H10N4O3/c15-6-5-13-7-11-10(12-13)8-1-3-9(4-2-8)14(16)17/h1-4,7,15H,5-6H2. The average molecular weight is 234 g/mol. The molecule has 0 saturated carbocycles. The number of non-ortho nitro benzene ring substituents is 1. The molecule has 1 N–H and O–H groups in total. The van der Waals surface area contributed by atoms with Crippen molar-refractivity contribution in [2.75, 3.05) is 6.61 Å². The van der Waals surface area contributed by atoms with Crippen LogP contribution in [-0.2, 0) is 6.54 Å². The molecule has 1 heterocycles. The van der Waals surface area contributed by atoms with Crippen LogP contribution in [0.3, 0.4) is 0 Å². The van der Waals surface area contributed by atoms with Gasteiger partial charge in [-0.1, -0.05) is 0 Å². The van der Waals surface area contributed by atoms with E-state index in [-0.39, 0.29) is 12.3 Å². The minimum atomic E-state index is -0.457. The molecule has 88 valence electrons. The van der Waals surface area contributed by atoms with Gasteiger partial charge in [0.1, 0.15) is 6.33 Å². The van der Waals surface area contributed by atoms with Crippen molar-refractivity contribution in [3.8, 4) is 11.4 Å². The Labute approximate surface area is 96.5 Å². The van der Waals surface area contributed by atoms with E-state index < -0.39 is 4.92 Å². The Hall–Kier alpha value is -2.28. The van der Waals surface area contributed by atoms with Gasteiger partial charge in [-0.05, 0) is 12.1 Å². The maximum Gasteiger partial charge on any atom is 0.269 e. The van der Waals surface area contributed by atoms with E-state index in [9.17, 15) is 10.1 Å². The van der Waals surface area contributed by atoms with Gasteiger partial charge in [-0.25, -0.2) is 4.98 Å². The van der Waals surface area contributed by atoms with E-state index in [4.69, 9.17) is 5.11 Å². The van der Waals surface area contributed by atoms with Crippen LogP contribution in [0.4, 0.5) is 5.69 Å². The summed E-state index contributed by atoms with van der Waals surface area (Å²) in [6.07, 6.45) is 1.51. The zero-order valence-electron chi connectivity index (χ0n) is 8.85. The predicted molar refractivity (Wildman–Crippen MR) is 59.2 cm³/mol. The van der Waals surface area contributed by atoms with Crippen LogP contribution in [0.15, 0.2) is 30.6 Å². The number of aromatic nitrogens is 3. The number of nitro groups is 1. The zero-order chi connectivity index (χ0) is 12.3. The third-order valence-corrected chi connectivity index (χ3v) is 2.20. The predicted octanol–water partition coefficient (Wildman–Crippen LogP) is 0.846. The van der Waals surface area contributed by atoms with Crippen LogP contribution >= 0.6 is 0 Å². The van der Waals surface area contributed by atoms with E-state index in [1.54, 1.807) is 12.1 Å². The van der Waals surface area contributed by atoms with Gasteiger partial charge in [-0.15, -0.1) is 0 Å². The monoisotopic (exact) mass is 234 g/mol. The van der Waals surface area contributed by atoms with Crippen molar-refractivity contribution < 1.29 is 10.0 Å². The molecule has 17 heavy (non-hydrogen) atoms. The summed E-state index contributed by atoms with van der Waals surface area (Å²) in [6.45, 7) is 0.364. The van der Waals surface area contributed by atoms with Gasteiger partial charge in [0, 0.05) is 17.7 Å². The van der Waals surface area contributed by atoms with Crippen molar-refractivity contribution in [1.29, 1.82) is 0 Å². The molecule has 1 aromatic carbocycles. The van der Waals surface area contributed by atoms with Crippen molar-refractivity contribution in [1.82, 2.24) is 14.8 Å². The van der Waals surface area contributed by atoms with Gasteiger partial charge in [0.05, 0.1) is 18.1 Å². The number of nitrogens with zero attached hydrogens (tertiary/aromatic N) is 4. The third-order valence-electron chi connectivity index (χ3n) is 2.20. The van der Waals surface area contributed by atoms with Crippen LogP contribution in [0, 0.1) is 10.1 Å². The second-order valence-corrected chi connectivity index (χ2v) is 3.36. The molecule has 0 bridgehead atoms. The fourth-order valence-corrected chi connectivity index (χ4v) is 1.37. The first-order chi connectivity index (χ1) is 8.20. The average Bonchev–Trinajstić information content (AvgIpc) is 2.78. The van der Waals surface area contributed by atoms with Crippen molar-refractivity contribution in [3.63, 3.8) is 0 Å². The summed E-state index contributed by atoms with van der Waals surface area (Å²) >= 11 is 0. The lowest BCUT2D eigenvalue weighted by atomic mass is 10.2. The fraction of sp³-hybridized carbons (Fsp3) is 0.200. The van der Waals surface area contributed by atoms with E-state index in [0.29, 0.717) is 17.9 Å². The molecule has 7 heteroatoms. The summed E-state index contributed by atoms with van der Waals surface area (Å²) in [7, 11) is 0. The quantitative estimate of drug-likeness (QED) is 0.625. The highest BCUT2D eigenvalue weighted by atomic mass is 16.6.